The van der Waals surface area contributed by atoms with Crippen LogP contribution in [0.15, 0.2) is 29.4 Å². The van der Waals surface area contributed by atoms with Crippen LogP contribution in [-0.4, -0.2) is 52.2 Å². The van der Waals surface area contributed by atoms with Crippen LogP contribution in [0.5, 0.6) is 0 Å². The number of carbonyl (C=O) groups is 1. The lowest BCUT2D eigenvalue weighted by Gasteiger charge is -2.27. The van der Waals surface area contributed by atoms with E-state index in [1.54, 1.807) is 18.2 Å². The zero-order valence-corrected chi connectivity index (χ0v) is 16.4. The van der Waals surface area contributed by atoms with E-state index < -0.39 is 0 Å². The number of anilines is 2. The largest absolute Gasteiger partial charge is 0.378 e. The Morgan fingerprint density at radius 1 is 1.38 bits per heavy atom. The van der Waals surface area contributed by atoms with Gasteiger partial charge in [-0.05, 0) is 32.0 Å². The monoisotopic (exact) mass is 395 g/mol. The summed E-state index contributed by atoms with van der Waals surface area (Å²) >= 11 is 7.36. The number of nitrogens with one attached hydrogen (secondary N) is 1. The lowest BCUT2D eigenvalue weighted by Crippen LogP contribution is -2.38. The van der Waals surface area contributed by atoms with E-state index in [1.165, 1.54) is 11.8 Å². The Kier molecular flexibility index (Phi) is 6.39. The Balaban J connectivity index is 1.67. The maximum absolute atomic E-state index is 12.5. The molecule has 1 fully saturated rings. The minimum atomic E-state index is -0.318. The zero-order chi connectivity index (χ0) is 18.5. The van der Waals surface area contributed by atoms with Gasteiger partial charge in [-0.15, -0.1) is 10.2 Å². The molecule has 0 aliphatic carbocycles. The molecule has 26 heavy (non-hydrogen) atoms. The van der Waals surface area contributed by atoms with Gasteiger partial charge in [0.1, 0.15) is 0 Å². The molecule has 1 atom stereocenters. The molecule has 1 amide bonds. The molecule has 3 rings (SSSR count). The van der Waals surface area contributed by atoms with Crippen molar-refractivity contribution in [3.05, 3.63) is 29.3 Å². The lowest BCUT2D eigenvalue weighted by atomic mass is 10.3. The minimum Gasteiger partial charge on any atom is -0.378 e. The fraction of sp³-hybridized carbons (Fsp3) is 0.471. The van der Waals surface area contributed by atoms with Crippen molar-refractivity contribution in [2.75, 3.05) is 36.5 Å². The Hall–Kier alpha value is -1.77. The van der Waals surface area contributed by atoms with E-state index in [1.807, 2.05) is 24.5 Å². The van der Waals surface area contributed by atoms with E-state index in [0.717, 1.165) is 30.7 Å². The summed E-state index contributed by atoms with van der Waals surface area (Å²) in [6.45, 7) is 7.63. The molecule has 9 heteroatoms. The number of benzene rings is 1. The van der Waals surface area contributed by atoms with Gasteiger partial charge in [0.15, 0.2) is 5.16 Å². The van der Waals surface area contributed by atoms with E-state index in [2.05, 4.69) is 20.4 Å². The van der Waals surface area contributed by atoms with Crippen LogP contribution in [0.3, 0.4) is 0 Å². The van der Waals surface area contributed by atoms with Crippen molar-refractivity contribution in [3.8, 4) is 0 Å². The molecule has 0 saturated carbocycles. The molecule has 1 aliphatic heterocycles. The second-order valence-corrected chi connectivity index (χ2v) is 7.63. The first-order valence-electron chi connectivity index (χ1n) is 8.57. The van der Waals surface area contributed by atoms with E-state index >= 15 is 0 Å². The number of amides is 1. The van der Waals surface area contributed by atoms with Gasteiger partial charge >= 0.3 is 0 Å². The van der Waals surface area contributed by atoms with Crippen LogP contribution in [0, 0.1) is 0 Å². The molecule has 1 aromatic carbocycles. The summed E-state index contributed by atoms with van der Waals surface area (Å²) in [6.07, 6.45) is 0. The third-order valence-corrected chi connectivity index (χ3v) is 5.37. The first-order valence-corrected chi connectivity index (χ1v) is 9.83. The SMILES string of the molecule is CCn1c(S[C@@H](C)C(=O)Nc2cccc(Cl)c2)nnc1N1CCOCC1. The molecular formula is C17H22ClN5O2S. The highest BCUT2D eigenvalue weighted by Crippen LogP contribution is 2.27. The Morgan fingerprint density at radius 2 is 2.15 bits per heavy atom. The predicted octanol–water partition coefficient (Wildman–Crippen LogP) is 2.91. The highest BCUT2D eigenvalue weighted by atomic mass is 35.5. The molecule has 1 N–H and O–H groups in total. The van der Waals surface area contributed by atoms with Crippen molar-refractivity contribution in [2.24, 2.45) is 0 Å². The standard InChI is InChI=1S/C17H22ClN5O2S/c1-3-23-16(22-7-9-25-10-8-22)20-21-17(23)26-12(2)15(24)19-14-6-4-5-13(18)11-14/h4-6,11-12H,3,7-10H2,1-2H3,(H,19,24)/t12-/m0/s1. The number of morpholine rings is 1. The number of ether oxygens (including phenoxy) is 1. The molecule has 0 spiro atoms. The van der Waals surface area contributed by atoms with Crippen molar-refractivity contribution >= 4 is 40.9 Å². The van der Waals surface area contributed by atoms with Crippen molar-refractivity contribution in [1.29, 1.82) is 0 Å². The van der Waals surface area contributed by atoms with Gasteiger partial charge in [-0.3, -0.25) is 9.36 Å². The van der Waals surface area contributed by atoms with Gasteiger partial charge in [-0.25, -0.2) is 0 Å². The third-order valence-electron chi connectivity index (χ3n) is 4.05. The van der Waals surface area contributed by atoms with Gasteiger partial charge in [0, 0.05) is 30.3 Å². The summed E-state index contributed by atoms with van der Waals surface area (Å²) in [7, 11) is 0. The molecule has 1 saturated heterocycles. The van der Waals surface area contributed by atoms with Crippen molar-refractivity contribution in [2.45, 2.75) is 30.8 Å². The Morgan fingerprint density at radius 3 is 2.85 bits per heavy atom. The molecule has 2 heterocycles. The van der Waals surface area contributed by atoms with Crippen molar-refractivity contribution in [1.82, 2.24) is 14.8 Å². The van der Waals surface area contributed by atoms with Gasteiger partial charge in [-0.1, -0.05) is 29.4 Å². The van der Waals surface area contributed by atoms with Gasteiger partial charge in [0.05, 0.1) is 18.5 Å². The van der Waals surface area contributed by atoms with Crippen LogP contribution < -0.4 is 10.2 Å². The summed E-state index contributed by atoms with van der Waals surface area (Å²) in [4.78, 5) is 14.6. The van der Waals surface area contributed by atoms with Gasteiger partial charge in [-0.2, -0.15) is 0 Å². The van der Waals surface area contributed by atoms with Crippen LogP contribution in [0.2, 0.25) is 5.02 Å². The van der Waals surface area contributed by atoms with Gasteiger partial charge < -0.3 is 15.0 Å². The van der Waals surface area contributed by atoms with E-state index in [9.17, 15) is 4.79 Å². The zero-order valence-electron chi connectivity index (χ0n) is 14.8. The molecule has 0 unspecified atom stereocenters. The Bertz CT molecular complexity index is 763. The van der Waals surface area contributed by atoms with Crippen molar-refractivity contribution < 1.29 is 9.53 Å². The fourth-order valence-electron chi connectivity index (χ4n) is 2.66. The second kappa shape index (κ2) is 8.75. The topological polar surface area (TPSA) is 72.3 Å². The first kappa shape index (κ1) is 19.0. The van der Waals surface area contributed by atoms with Crippen molar-refractivity contribution in [3.63, 3.8) is 0 Å². The molecule has 1 aromatic heterocycles. The number of hydrogen-bond donors (Lipinski definition) is 1. The lowest BCUT2D eigenvalue weighted by molar-refractivity contribution is -0.115. The number of rotatable bonds is 6. The first-order chi connectivity index (χ1) is 12.6. The molecule has 1 aliphatic rings. The summed E-state index contributed by atoms with van der Waals surface area (Å²) in [5.41, 5.74) is 0.681. The van der Waals surface area contributed by atoms with E-state index in [-0.39, 0.29) is 11.2 Å². The molecule has 0 radical (unpaired) electrons. The highest BCUT2D eigenvalue weighted by Gasteiger charge is 2.23. The number of thioether (sulfide) groups is 1. The second-order valence-electron chi connectivity index (χ2n) is 5.89. The highest BCUT2D eigenvalue weighted by molar-refractivity contribution is 8.00. The van der Waals surface area contributed by atoms with Crippen LogP contribution in [0.25, 0.3) is 0 Å². The third kappa shape index (κ3) is 4.49. The average molecular weight is 396 g/mol. The van der Waals surface area contributed by atoms with Crippen LogP contribution in [0.1, 0.15) is 13.8 Å². The van der Waals surface area contributed by atoms with Crippen LogP contribution in [0.4, 0.5) is 11.6 Å². The molecule has 7 nitrogen and oxygen atoms in total. The summed E-state index contributed by atoms with van der Waals surface area (Å²) < 4.78 is 7.44. The summed E-state index contributed by atoms with van der Waals surface area (Å²) in [6, 6.07) is 7.11. The smallest absolute Gasteiger partial charge is 0.237 e. The van der Waals surface area contributed by atoms with E-state index in [0.29, 0.717) is 23.9 Å². The minimum absolute atomic E-state index is 0.101. The van der Waals surface area contributed by atoms with Gasteiger partial charge in [0.2, 0.25) is 11.9 Å². The molecule has 2 aromatic rings. The summed E-state index contributed by atoms with van der Waals surface area (Å²) in [5, 5.41) is 12.5. The number of carbonyl (C=O) groups excluding carboxylic acids is 1. The number of halogens is 1. The number of aromatic nitrogens is 3. The molecule has 0 bridgehead atoms. The number of hydrogen-bond acceptors (Lipinski definition) is 6. The quantitative estimate of drug-likeness (QED) is 0.758. The Labute approximate surface area is 162 Å². The average Bonchev–Trinajstić information content (AvgIpc) is 3.05. The van der Waals surface area contributed by atoms with E-state index in [4.69, 9.17) is 16.3 Å². The molecular weight excluding hydrogens is 374 g/mol. The summed E-state index contributed by atoms with van der Waals surface area (Å²) in [5.74, 6) is 0.733. The maximum atomic E-state index is 12.5. The number of nitrogens with zero attached hydrogens (tertiary/aromatic N) is 4. The van der Waals surface area contributed by atoms with Crippen LogP contribution in [-0.2, 0) is 16.1 Å². The maximum Gasteiger partial charge on any atom is 0.237 e. The van der Waals surface area contributed by atoms with Gasteiger partial charge in [0.25, 0.3) is 0 Å². The van der Waals surface area contributed by atoms with Crippen LogP contribution >= 0.6 is 23.4 Å². The normalized spacial score (nSPS) is 15.7. The molecule has 140 valence electrons. The predicted molar refractivity (Wildman–Crippen MR) is 104 cm³/mol. The fourth-order valence-corrected chi connectivity index (χ4v) is 3.76.